The number of aliphatic hydroxyl groups excluding tert-OH is 1. The Balaban J connectivity index is 2.01. The van der Waals surface area contributed by atoms with E-state index < -0.39 is 0 Å². The summed E-state index contributed by atoms with van der Waals surface area (Å²) in [5.41, 5.74) is 1.00. The number of benzene rings is 1. The van der Waals surface area contributed by atoms with Crippen LogP contribution in [0.4, 0.5) is 0 Å². The van der Waals surface area contributed by atoms with E-state index in [9.17, 15) is 5.11 Å². The van der Waals surface area contributed by atoms with Crippen molar-refractivity contribution in [3.05, 3.63) is 29.8 Å². The highest BCUT2D eigenvalue weighted by molar-refractivity contribution is 5.30. The second-order valence-corrected chi connectivity index (χ2v) is 5.65. The van der Waals surface area contributed by atoms with Crippen molar-refractivity contribution in [3.8, 4) is 5.75 Å². The Morgan fingerprint density at radius 1 is 1.32 bits per heavy atom. The molecule has 1 N–H and O–H groups in total. The summed E-state index contributed by atoms with van der Waals surface area (Å²) < 4.78 is 5.80. The highest BCUT2D eigenvalue weighted by Gasteiger charge is 2.24. The van der Waals surface area contributed by atoms with Gasteiger partial charge in [-0.15, -0.1) is 0 Å². The van der Waals surface area contributed by atoms with Gasteiger partial charge in [0.05, 0.1) is 12.2 Å². The molecular formula is C17H26O2. The molecule has 0 radical (unpaired) electrons. The number of aliphatic hydroxyl groups is 1. The maximum Gasteiger partial charge on any atom is 0.120 e. The Hall–Kier alpha value is -1.02. The van der Waals surface area contributed by atoms with Gasteiger partial charge in [-0.1, -0.05) is 45.2 Å². The molecule has 0 spiro atoms. The summed E-state index contributed by atoms with van der Waals surface area (Å²) in [6.07, 6.45) is 6.88. The molecule has 1 saturated carbocycles. The Labute approximate surface area is 116 Å². The van der Waals surface area contributed by atoms with Gasteiger partial charge in [0.25, 0.3) is 0 Å². The van der Waals surface area contributed by atoms with Gasteiger partial charge >= 0.3 is 0 Å². The van der Waals surface area contributed by atoms with Crippen molar-refractivity contribution in [2.24, 2.45) is 5.92 Å². The van der Waals surface area contributed by atoms with E-state index in [1.165, 1.54) is 25.7 Å². The largest absolute Gasteiger partial charge is 0.490 e. The van der Waals surface area contributed by atoms with Crippen LogP contribution in [0.2, 0.25) is 0 Å². The molecule has 2 nitrogen and oxygen atoms in total. The normalized spacial score (nSPS) is 18.1. The van der Waals surface area contributed by atoms with Gasteiger partial charge in [0.15, 0.2) is 0 Å². The summed E-state index contributed by atoms with van der Waals surface area (Å²) >= 11 is 0. The number of unbranched alkanes of at least 4 members (excludes halogenated alkanes) is 1. The fourth-order valence-corrected chi connectivity index (χ4v) is 2.47. The Morgan fingerprint density at radius 3 is 2.74 bits per heavy atom. The third kappa shape index (κ3) is 4.24. The summed E-state index contributed by atoms with van der Waals surface area (Å²) in [4.78, 5) is 0. The monoisotopic (exact) mass is 262 g/mol. The third-order valence-electron chi connectivity index (χ3n) is 3.93. The number of ether oxygens (including phenoxy) is 1. The molecule has 2 atom stereocenters. The van der Waals surface area contributed by atoms with Gasteiger partial charge in [-0.2, -0.15) is 0 Å². The average Bonchev–Trinajstić information content (AvgIpc) is 3.23. The molecule has 1 aliphatic carbocycles. The lowest BCUT2D eigenvalue weighted by Crippen LogP contribution is -2.12. The van der Waals surface area contributed by atoms with Crippen LogP contribution in [0.25, 0.3) is 0 Å². The van der Waals surface area contributed by atoms with E-state index in [1.807, 2.05) is 24.3 Å². The summed E-state index contributed by atoms with van der Waals surface area (Å²) in [6.45, 7) is 4.36. The lowest BCUT2D eigenvalue weighted by Gasteiger charge is -2.22. The van der Waals surface area contributed by atoms with E-state index >= 15 is 0 Å². The number of hydrogen-bond donors (Lipinski definition) is 1. The fourth-order valence-electron chi connectivity index (χ4n) is 2.47. The standard InChI is InChI=1S/C17H26O2/c1-3-5-7-13(4-2)17(18)14-8-6-9-16(12-14)19-15-10-11-15/h6,8-9,12-13,15,17-18H,3-5,7,10-11H2,1-2H3. The summed E-state index contributed by atoms with van der Waals surface area (Å²) in [6, 6.07) is 8.00. The van der Waals surface area contributed by atoms with Crippen LogP contribution in [0.1, 0.15) is 64.0 Å². The van der Waals surface area contributed by atoms with Crippen molar-refractivity contribution >= 4 is 0 Å². The van der Waals surface area contributed by atoms with E-state index in [1.54, 1.807) is 0 Å². The van der Waals surface area contributed by atoms with Gasteiger partial charge in [0, 0.05) is 0 Å². The predicted molar refractivity (Wildman–Crippen MR) is 78.4 cm³/mol. The predicted octanol–water partition coefficient (Wildman–Crippen LogP) is 4.48. The van der Waals surface area contributed by atoms with Gasteiger partial charge in [-0.05, 0) is 42.9 Å². The molecule has 2 rings (SSSR count). The Kier molecular flexibility index (Phi) is 5.26. The first-order chi connectivity index (χ1) is 9.24. The molecule has 0 saturated heterocycles. The first kappa shape index (κ1) is 14.4. The maximum atomic E-state index is 10.5. The molecule has 2 unspecified atom stereocenters. The molecule has 0 aliphatic heterocycles. The number of hydrogen-bond acceptors (Lipinski definition) is 2. The fraction of sp³-hybridized carbons (Fsp3) is 0.647. The molecule has 2 heteroatoms. The minimum atomic E-state index is -0.362. The molecule has 106 valence electrons. The van der Waals surface area contributed by atoms with Gasteiger partial charge in [-0.25, -0.2) is 0 Å². The minimum Gasteiger partial charge on any atom is -0.490 e. The van der Waals surface area contributed by atoms with Crippen LogP contribution in [0.5, 0.6) is 5.75 Å². The van der Waals surface area contributed by atoms with Crippen molar-refractivity contribution < 1.29 is 9.84 Å². The zero-order valence-corrected chi connectivity index (χ0v) is 12.1. The minimum absolute atomic E-state index is 0.358. The van der Waals surface area contributed by atoms with E-state index in [2.05, 4.69) is 13.8 Å². The van der Waals surface area contributed by atoms with Gasteiger partial charge in [0.1, 0.15) is 5.75 Å². The third-order valence-corrected chi connectivity index (χ3v) is 3.93. The van der Waals surface area contributed by atoms with Gasteiger partial charge in [-0.3, -0.25) is 0 Å². The highest BCUT2D eigenvalue weighted by atomic mass is 16.5. The van der Waals surface area contributed by atoms with E-state index in [-0.39, 0.29) is 6.10 Å². The second-order valence-electron chi connectivity index (χ2n) is 5.65. The molecule has 19 heavy (non-hydrogen) atoms. The van der Waals surface area contributed by atoms with Gasteiger partial charge < -0.3 is 9.84 Å². The molecule has 1 aromatic rings. The van der Waals surface area contributed by atoms with Crippen molar-refractivity contribution in [2.75, 3.05) is 0 Å². The first-order valence-electron chi connectivity index (χ1n) is 7.69. The average molecular weight is 262 g/mol. The SMILES string of the molecule is CCCCC(CC)C(O)c1cccc(OC2CC2)c1. The smallest absolute Gasteiger partial charge is 0.120 e. The van der Waals surface area contributed by atoms with Crippen LogP contribution in [0.15, 0.2) is 24.3 Å². The molecule has 0 bridgehead atoms. The van der Waals surface area contributed by atoms with Crippen molar-refractivity contribution in [1.29, 1.82) is 0 Å². The number of rotatable bonds is 8. The van der Waals surface area contributed by atoms with Crippen LogP contribution >= 0.6 is 0 Å². The maximum absolute atomic E-state index is 10.5. The summed E-state index contributed by atoms with van der Waals surface area (Å²) in [5, 5.41) is 10.5. The topological polar surface area (TPSA) is 29.5 Å². The lowest BCUT2D eigenvalue weighted by molar-refractivity contribution is 0.0985. The first-order valence-corrected chi connectivity index (χ1v) is 7.69. The van der Waals surface area contributed by atoms with Crippen molar-refractivity contribution in [1.82, 2.24) is 0 Å². The van der Waals surface area contributed by atoms with E-state index in [0.717, 1.165) is 24.2 Å². The van der Waals surface area contributed by atoms with Crippen LogP contribution in [0, 0.1) is 5.92 Å². The molecule has 0 amide bonds. The lowest BCUT2D eigenvalue weighted by atomic mass is 9.89. The van der Waals surface area contributed by atoms with Crippen molar-refractivity contribution in [2.45, 2.75) is 64.6 Å². The highest BCUT2D eigenvalue weighted by Crippen LogP contribution is 2.32. The zero-order valence-electron chi connectivity index (χ0n) is 12.1. The van der Waals surface area contributed by atoms with E-state index in [0.29, 0.717) is 12.0 Å². The van der Waals surface area contributed by atoms with Crippen LogP contribution in [-0.4, -0.2) is 11.2 Å². The summed E-state index contributed by atoms with van der Waals surface area (Å²) in [7, 11) is 0. The van der Waals surface area contributed by atoms with Crippen LogP contribution in [0.3, 0.4) is 0 Å². The van der Waals surface area contributed by atoms with Crippen LogP contribution in [-0.2, 0) is 0 Å². The molecule has 1 aromatic carbocycles. The molecule has 0 heterocycles. The molecule has 0 aromatic heterocycles. The van der Waals surface area contributed by atoms with E-state index in [4.69, 9.17) is 4.74 Å². The Morgan fingerprint density at radius 2 is 2.11 bits per heavy atom. The molecular weight excluding hydrogens is 236 g/mol. The molecule has 1 fully saturated rings. The molecule has 1 aliphatic rings. The van der Waals surface area contributed by atoms with Crippen molar-refractivity contribution in [3.63, 3.8) is 0 Å². The quantitative estimate of drug-likeness (QED) is 0.748. The zero-order chi connectivity index (χ0) is 13.7. The summed E-state index contributed by atoms with van der Waals surface area (Å²) in [5.74, 6) is 1.26. The second kappa shape index (κ2) is 6.95. The van der Waals surface area contributed by atoms with Gasteiger partial charge in [0.2, 0.25) is 0 Å². The van der Waals surface area contributed by atoms with Crippen LogP contribution < -0.4 is 4.74 Å². The Bertz CT molecular complexity index is 385.